The van der Waals surface area contributed by atoms with E-state index in [1.54, 1.807) is 19.2 Å². The number of rotatable bonds is 2. The number of hydrogen-bond donors (Lipinski definition) is 0. The Morgan fingerprint density at radius 2 is 2.00 bits per heavy atom. The molecule has 1 aliphatic heterocycles. The summed E-state index contributed by atoms with van der Waals surface area (Å²) in [7, 11) is 1.62. The number of hydrogen-bond acceptors (Lipinski definition) is 3. The van der Waals surface area contributed by atoms with Crippen LogP contribution in [0, 0.1) is 0 Å². The first kappa shape index (κ1) is 13.0. The quantitative estimate of drug-likeness (QED) is 0.623. The molecule has 0 fully saturated rings. The second-order valence-electron chi connectivity index (χ2n) is 4.65. The minimum atomic E-state index is -0.240. The van der Waals surface area contributed by atoms with Crippen molar-refractivity contribution in [3.8, 4) is 11.5 Å². The van der Waals surface area contributed by atoms with E-state index >= 15 is 0 Å². The summed E-state index contributed by atoms with van der Waals surface area (Å²) in [5.74, 6) is 0.997. The fourth-order valence-electron chi connectivity index (χ4n) is 2.56. The number of fused-ring (bicyclic) bond motifs is 1. The van der Waals surface area contributed by atoms with Crippen molar-refractivity contribution in [2.24, 2.45) is 0 Å². The van der Waals surface area contributed by atoms with Crippen LogP contribution in [0.3, 0.4) is 0 Å². The summed E-state index contributed by atoms with van der Waals surface area (Å²) < 4.78 is 10.7. The lowest BCUT2D eigenvalue weighted by Gasteiger charge is -2.26. The van der Waals surface area contributed by atoms with Crippen LogP contribution in [0.25, 0.3) is 0 Å². The summed E-state index contributed by atoms with van der Waals surface area (Å²) in [5, 5.41) is 0.626. The Morgan fingerprint density at radius 3 is 2.80 bits per heavy atom. The predicted octanol–water partition coefficient (Wildman–Crippen LogP) is 3.79. The maximum Gasteiger partial charge on any atom is 0.312 e. The third-order valence-corrected chi connectivity index (χ3v) is 3.69. The highest BCUT2D eigenvalue weighted by Crippen LogP contribution is 2.42. The van der Waals surface area contributed by atoms with Gasteiger partial charge in [-0.25, -0.2) is 0 Å². The Morgan fingerprint density at radius 1 is 1.20 bits per heavy atom. The van der Waals surface area contributed by atoms with Crippen molar-refractivity contribution in [3.05, 3.63) is 58.6 Å². The lowest BCUT2D eigenvalue weighted by molar-refractivity contribution is -0.135. The number of esters is 1. The van der Waals surface area contributed by atoms with Gasteiger partial charge in [-0.15, -0.1) is 0 Å². The van der Waals surface area contributed by atoms with Crippen LogP contribution in [0.1, 0.15) is 23.5 Å². The molecular formula is C16H13ClO3. The molecule has 1 atom stereocenters. The van der Waals surface area contributed by atoms with Gasteiger partial charge in [-0.05, 0) is 24.3 Å². The number of halogens is 1. The number of carbonyl (C=O) groups is 1. The molecule has 4 heteroatoms. The van der Waals surface area contributed by atoms with Gasteiger partial charge in [-0.3, -0.25) is 4.79 Å². The van der Waals surface area contributed by atoms with Gasteiger partial charge in [0, 0.05) is 22.1 Å². The Balaban J connectivity index is 2.15. The first-order chi connectivity index (χ1) is 9.69. The van der Waals surface area contributed by atoms with E-state index in [0.717, 1.165) is 16.9 Å². The fraction of sp³-hybridized carbons (Fsp3) is 0.188. The van der Waals surface area contributed by atoms with Crippen molar-refractivity contribution >= 4 is 17.6 Å². The minimum absolute atomic E-state index is 0.0962. The monoisotopic (exact) mass is 288 g/mol. The molecule has 0 bridgehead atoms. The third kappa shape index (κ3) is 2.25. The van der Waals surface area contributed by atoms with Crippen LogP contribution in [0.2, 0.25) is 5.02 Å². The topological polar surface area (TPSA) is 35.5 Å². The number of methoxy groups -OCH3 is 1. The van der Waals surface area contributed by atoms with Crippen molar-refractivity contribution in [3.63, 3.8) is 0 Å². The van der Waals surface area contributed by atoms with Crippen LogP contribution < -0.4 is 9.47 Å². The molecule has 0 radical (unpaired) electrons. The van der Waals surface area contributed by atoms with Gasteiger partial charge >= 0.3 is 5.97 Å². The Hall–Kier alpha value is -2.00. The molecule has 1 unspecified atom stereocenters. The van der Waals surface area contributed by atoms with Crippen LogP contribution in [0.4, 0.5) is 0 Å². The van der Waals surface area contributed by atoms with Crippen LogP contribution in [-0.2, 0) is 4.79 Å². The lowest BCUT2D eigenvalue weighted by Crippen LogP contribution is -2.21. The van der Waals surface area contributed by atoms with E-state index in [1.807, 2.05) is 30.3 Å². The fourth-order valence-corrected chi connectivity index (χ4v) is 2.74. The third-order valence-electron chi connectivity index (χ3n) is 3.46. The van der Waals surface area contributed by atoms with Crippen molar-refractivity contribution in [2.75, 3.05) is 7.11 Å². The van der Waals surface area contributed by atoms with Gasteiger partial charge in [-0.1, -0.05) is 29.8 Å². The molecule has 0 aromatic heterocycles. The molecule has 20 heavy (non-hydrogen) atoms. The highest BCUT2D eigenvalue weighted by atomic mass is 35.5. The largest absolute Gasteiger partial charge is 0.496 e. The second-order valence-corrected chi connectivity index (χ2v) is 5.09. The average molecular weight is 289 g/mol. The molecule has 2 aromatic rings. The van der Waals surface area contributed by atoms with Gasteiger partial charge in [0.1, 0.15) is 11.5 Å². The molecule has 0 saturated carbocycles. The van der Waals surface area contributed by atoms with Crippen molar-refractivity contribution in [1.29, 1.82) is 0 Å². The molecule has 0 aliphatic carbocycles. The molecule has 3 nitrogen and oxygen atoms in total. The van der Waals surface area contributed by atoms with Crippen molar-refractivity contribution in [2.45, 2.75) is 12.3 Å². The van der Waals surface area contributed by atoms with Gasteiger partial charge in [0.05, 0.1) is 13.5 Å². The van der Waals surface area contributed by atoms with E-state index in [2.05, 4.69) is 0 Å². The van der Waals surface area contributed by atoms with E-state index in [1.165, 1.54) is 0 Å². The molecule has 2 aromatic carbocycles. The summed E-state index contributed by atoms with van der Waals surface area (Å²) >= 11 is 6.07. The van der Waals surface area contributed by atoms with Crippen LogP contribution >= 0.6 is 11.6 Å². The van der Waals surface area contributed by atoms with Gasteiger partial charge in [0.15, 0.2) is 0 Å². The standard InChI is InChI=1S/C16H13ClO3/c1-19-14-5-3-2-4-11(14)12-9-16(18)20-15-7-6-10(17)8-13(12)15/h2-8,12H,9H2,1H3. The van der Waals surface area contributed by atoms with Crippen LogP contribution in [0.15, 0.2) is 42.5 Å². The average Bonchev–Trinajstić information content (AvgIpc) is 2.47. The van der Waals surface area contributed by atoms with Gasteiger partial charge in [-0.2, -0.15) is 0 Å². The Bertz CT molecular complexity index is 667. The summed E-state index contributed by atoms with van der Waals surface area (Å²) in [6.45, 7) is 0. The molecule has 0 saturated heterocycles. The minimum Gasteiger partial charge on any atom is -0.496 e. The molecule has 102 valence electrons. The summed E-state index contributed by atoms with van der Waals surface area (Å²) in [6.07, 6.45) is 0.285. The highest BCUT2D eigenvalue weighted by Gasteiger charge is 2.30. The SMILES string of the molecule is COc1ccccc1C1CC(=O)Oc2ccc(Cl)cc21. The maximum atomic E-state index is 11.8. The molecule has 0 spiro atoms. The molecule has 3 rings (SSSR count). The van der Waals surface area contributed by atoms with Crippen LogP contribution in [0.5, 0.6) is 11.5 Å². The van der Waals surface area contributed by atoms with E-state index < -0.39 is 0 Å². The lowest BCUT2D eigenvalue weighted by atomic mass is 9.86. The maximum absolute atomic E-state index is 11.8. The summed E-state index contributed by atoms with van der Waals surface area (Å²) in [6, 6.07) is 13.0. The van der Waals surface area contributed by atoms with E-state index in [-0.39, 0.29) is 18.3 Å². The number of ether oxygens (including phenoxy) is 2. The molecule has 0 N–H and O–H groups in total. The van der Waals surface area contributed by atoms with Crippen molar-refractivity contribution in [1.82, 2.24) is 0 Å². The van der Waals surface area contributed by atoms with Crippen molar-refractivity contribution < 1.29 is 14.3 Å². The summed E-state index contributed by atoms with van der Waals surface area (Å²) in [5.41, 5.74) is 1.89. The second kappa shape index (κ2) is 5.17. The summed E-state index contributed by atoms with van der Waals surface area (Å²) in [4.78, 5) is 11.8. The van der Waals surface area contributed by atoms with Gasteiger partial charge in [0.2, 0.25) is 0 Å². The number of para-hydroxylation sites is 1. The number of carbonyl (C=O) groups excluding carboxylic acids is 1. The van der Waals surface area contributed by atoms with E-state index in [0.29, 0.717) is 10.8 Å². The van der Waals surface area contributed by atoms with E-state index in [9.17, 15) is 4.79 Å². The predicted molar refractivity (Wildman–Crippen MR) is 76.5 cm³/mol. The molecule has 0 amide bonds. The number of benzene rings is 2. The first-order valence-corrected chi connectivity index (χ1v) is 6.70. The first-order valence-electron chi connectivity index (χ1n) is 6.32. The highest BCUT2D eigenvalue weighted by molar-refractivity contribution is 6.30. The molecular weight excluding hydrogens is 276 g/mol. The van der Waals surface area contributed by atoms with Gasteiger partial charge in [0.25, 0.3) is 0 Å². The zero-order chi connectivity index (χ0) is 14.1. The van der Waals surface area contributed by atoms with Gasteiger partial charge < -0.3 is 9.47 Å². The normalized spacial score (nSPS) is 17.3. The van der Waals surface area contributed by atoms with E-state index in [4.69, 9.17) is 21.1 Å². The molecule has 1 heterocycles. The molecule has 1 aliphatic rings. The zero-order valence-corrected chi connectivity index (χ0v) is 11.7. The van der Waals surface area contributed by atoms with Crippen LogP contribution in [-0.4, -0.2) is 13.1 Å². The Labute approximate surface area is 122 Å². The Kier molecular flexibility index (Phi) is 3.36. The zero-order valence-electron chi connectivity index (χ0n) is 10.9. The smallest absolute Gasteiger partial charge is 0.312 e.